The molecule has 0 unspecified atom stereocenters. The van der Waals surface area contributed by atoms with Crippen LogP contribution >= 0.6 is 0 Å². The van der Waals surface area contributed by atoms with Crippen LogP contribution < -0.4 is 76.9 Å². The van der Waals surface area contributed by atoms with Crippen LogP contribution in [0.2, 0.25) is 0 Å². The second kappa shape index (κ2) is 37.0. The molecule has 0 aliphatic carbocycles. The number of nitrogens with one attached hydrogen (secondary N) is 8. The highest BCUT2D eigenvalue weighted by atomic mass is 16.4. The molecule has 88 heavy (non-hydrogen) atoms. The lowest BCUT2D eigenvalue weighted by Crippen LogP contribution is -2.62. The van der Waals surface area contributed by atoms with E-state index < -0.39 is 144 Å². The Hall–Kier alpha value is -8.89. The highest BCUT2D eigenvalue weighted by Crippen LogP contribution is 2.22. The molecule has 0 saturated carbocycles. The number of primary amides is 1. The number of rotatable bonds is 37. The van der Waals surface area contributed by atoms with Crippen molar-refractivity contribution in [3.8, 4) is 0 Å². The SMILES string of the molecule is CC[C@H](C)[C@H](NC(=O)[C@H](Cc1ccccc1)NC(=O)[C@@H](NC(=O)[C@H](CC(C)C)NC(=O)[C@H](Cc1ccccc1)NC(=O)[C@@H]1CCCN1C(=O)[C@H](CCCN=C(N)N)NC(=O)[C@H](CC(N)=O)NC(=O)[C@H](C)N)C(C)C)C(=O)N[C@@H](CCCN=C(N)N)C(=O)O. The minimum Gasteiger partial charge on any atom is -0.480 e. The fraction of sp³-hybridized carbons (Fsp3) is 0.576. The van der Waals surface area contributed by atoms with E-state index in [1.165, 1.54) is 11.8 Å². The van der Waals surface area contributed by atoms with E-state index in [0.717, 1.165) is 0 Å². The monoisotopic (exact) mass is 1230 g/mol. The first kappa shape index (κ1) is 73.4. The number of amides is 10. The number of aliphatic carboxylic acids is 1. The van der Waals surface area contributed by atoms with Gasteiger partial charge in [-0.3, -0.25) is 57.9 Å². The summed E-state index contributed by atoms with van der Waals surface area (Å²) in [4.78, 5) is 161. The van der Waals surface area contributed by atoms with Gasteiger partial charge in [-0.1, -0.05) is 109 Å². The van der Waals surface area contributed by atoms with Crippen LogP contribution in [0, 0.1) is 17.8 Å². The van der Waals surface area contributed by atoms with E-state index in [2.05, 4.69) is 52.5 Å². The molecule has 11 atom stereocenters. The normalized spacial score (nSPS) is 16.2. The second-order valence-corrected chi connectivity index (χ2v) is 22.9. The second-order valence-electron chi connectivity index (χ2n) is 22.9. The van der Waals surface area contributed by atoms with Crippen molar-refractivity contribution in [3.63, 3.8) is 0 Å². The Bertz CT molecular complexity index is 2740. The minimum atomic E-state index is -1.51. The van der Waals surface area contributed by atoms with Crippen molar-refractivity contribution < 1.29 is 57.8 Å². The standard InChI is InChI=1S/C59H93N17O12/c1-8-34(6)47(55(85)69-39(57(87)88)23-16-26-67-59(64)65)75-52(82)42(30-37-20-13-10-14-21-37)73-54(84)46(33(4)5)74-51(81)40(28-32(2)3)71-49(79)41(29-36-18-11-9-12-19-36)72-53(83)44-24-17-27-76(44)56(86)38(22-15-25-66-58(62)63)68-50(80)43(31-45(61)77)70-48(78)35(7)60/h9-14,18-21,32-35,38-44,46-47H,8,15-17,22-31,60H2,1-7H3,(H2,61,77)(H,68,80)(H,69,85)(H,70,78)(H,71,79)(H,72,83)(H,73,84)(H,74,81)(H,75,82)(H,87,88)(H4,62,63,66)(H4,64,65,67)/t34-,35-,38-,39-,40-,41-,42-,43-,44-,46-,47-/m0/s1. The largest absolute Gasteiger partial charge is 0.480 e. The smallest absolute Gasteiger partial charge is 0.326 e. The van der Waals surface area contributed by atoms with E-state index >= 15 is 0 Å². The third-order valence-electron chi connectivity index (χ3n) is 14.6. The van der Waals surface area contributed by atoms with Crippen LogP contribution in [0.1, 0.15) is 117 Å². The van der Waals surface area contributed by atoms with Gasteiger partial charge in [-0.2, -0.15) is 0 Å². The summed E-state index contributed by atoms with van der Waals surface area (Å²) in [6, 6.07) is 4.51. The van der Waals surface area contributed by atoms with Crippen LogP contribution in [0.25, 0.3) is 0 Å². The van der Waals surface area contributed by atoms with Crippen LogP contribution in [0.4, 0.5) is 0 Å². The predicted molar refractivity (Wildman–Crippen MR) is 329 cm³/mol. The highest BCUT2D eigenvalue weighted by molar-refractivity contribution is 5.99. The molecule has 1 heterocycles. The molecule has 0 aromatic heterocycles. The Morgan fingerprint density at radius 3 is 1.49 bits per heavy atom. The van der Waals surface area contributed by atoms with Crippen molar-refractivity contribution in [3.05, 3.63) is 71.8 Å². The van der Waals surface area contributed by atoms with Gasteiger partial charge in [0.15, 0.2) is 11.9 Å². The summed E-state index contributed by atoms with van der Waals surface area (Å²) in [5, 5.41) is 31.4. The molecule has 2 aromatic carbocycles. The molecule has 0 spiro atoms. The Labute approximate surface area is 513 Å². The number of hydrogen-bond acceptors (Lipinski definition) is 14. The van der Waals surface area contributed by atoms with Gasteiger partial charge in [0.2, 0.25) is 59.1 Å². The van der Waals surface area contributed by atoms with E-state index in [1.807, 2.05) is 13.8 Å². The van der Waals surface area contributed by atoms with Gasteiger partial charge in [0, 0.05) is 32.5 Å². The summed E-state index contributed by atoms with van der Waals surface area (Å²) in [6.07, 6.45) is 0.491. The van der Waals surface area contributed by atoms with Crippen molar-refractivity contribution in [2.24, 2.45) is 62.1 Å². The molecule has 1 aliphatic rings. The molecular weight excluding hydrogens is 1140 g/mol. The van der Waals surface area contributed by atoms with E-state index in [4.69, 9.17) is 34.4 Å². The van der Waals surface area contributed by atoms with E-state index in [0.29, 0.717) is 24.0 Å². The maximum absolute atomic E-state index is 14.7. The molecule has 2 aromatic rings. The first-order chi connectivity index (χ1) is 41.5. The van der Waals surface area contributed by atoms with Crippen molar-refractivity contribution in [2.75, 3.05) is 19.6 Å². The van der Waals surface area contributed by atoms with E-state index in [9.17, 15) is 57.8 Å². The molecule has 0 bridgehead atoms. The summed E-state index contributed by atoms with van der Waals surface area (Å²) < 4.78 is 0. The van der Waals surface area contributed by atoms with E-state index in [-0.39, 0.29) is 88.8 Å². The maximum atomic E-state index is 14.7. The Balaban J connectivity index is 1.94. The molecule has 3 rings (SSSR count). The fourth-order valence-corrected chi connectivity index (χ4v) is 9.64. The van der Waals surface area contributed by atoms with Crippen molar-refractivity contribution in [1.82, 2.24) is 47.4 Å². The van der Waals surface area contributed by atoms with Crippen LogP contribution in [0.15, 0.2) is 70.6 Å². The number of carbonyl (C=O) groups is 11. The number of aliphatic imine (C=N–C) groups is 2. The number of benzene rings is 2. The van der Waals surface area contributed by atoms with Crippen LogP contribution in [0.5, 0.6) is 0 Å². The molecule has 0 radical (unpaired) electrons. The lowest BCUT2D eigenvalue weighted by Gasteiger charge is -2.31. The van der Waals surface area contributed by atoms with Gasteiger partial charge in [0.25, 0.3) is 0 Å². The van der Waals surface area contributed by atoms with Gasteiger partial charge in [-0.05, 0) is 80.8 Å². The zero-order valence-electron chi connectivity index (χ0n) is 51.4. The first-order valence-corrected chi connectivity index (χ1v) is 29.7. The lowest BCUT2D eigenvalue weighted by molar-refractivity contribution is -0.143. The molecular formula is C59H93N17O12. The summed E-state index contributed by atoms with van der Waals surface area (Å²) in [6.45, 7) is 12.1. The van der Waals surface area contributed by atoms with Crippen LogP contribution in [-0.2, 0) is 65.6 Å². The van der Waals surface area contributed by atoms with E-state index in [1.54, 1.807) is 88.4 Å². The number of hydrogen-bond donors (Lipinski definition) is 15. The van der Waals surface area contributed by atoms with Crippen LogP contribution in [-0.4, -0.2) is 167 Å². The third kappa shape index (κ3) is 25.2. The number of carbonyl (C=O) groups excluding carboxylic acids is 10. The molecule has 1 fully saturated rings. The van der Waals surface area contributed by atoms with Gasteiger partial charge >= 0.3 is 5.97 Å². The molecule has 21 N–H and O–H groups in total. The molecule has 1 aliphatic heterocycles. The maximum Gasteiger partial charge on any atom is 0.326 e. The van der Waals surface area contributed by atoms with Gasteiger partial charge in [-0.15, -0.1) is 0 Å². The molecule has 1 saturated heterocycles. The van der Waals surface area contributed by atoms with Gasteiger partial charge in [0.05, 0.1) is 12.5 Å². The number of guanidine groups is 2. The first-order valence-electron chi connectivity index (χ1n) is 29.7. The average molecular weight is 1230 g/mol. The zero-order chi connectivity index (χ0) is 65.8. The zero-order valence-corrected chi connectivity index (χ0v) is 51.4. The highest BCUT2D eigenvalue weighted by Gasteiger charge is 2.41. The number of likely N-dealkylation sites (tertiary alicyclic amines) is 1. The fourth-order valence-electron chi connectivity index (χ4n) is 9.64. The lowest BCUT2D eigenvalue weighted by atomic mass is 9.96. The number of carboxylic acids is 1. The Kier molecular flexibility index (Phi) is 30.8. The Morgan fingerprint density at radius 2 is 1.00 bits per heavy atom. The minimum absolute atomic E-state index is 0.0219. The van der Waals surface area contributed by atoms with Crippen molar-refractivity contribution in [2.45, 2.75) is 180 Å². The molecule has 10 amide bonds. The summed E-state index contributed by atoms with van der Waals surface area (Å²) in [5.74, 6) is -10.9. The third-order valence-corrected chi connectivity index (χ3v) is 14.6. The quantitative estimate of drug-likeness (QED) is 0.0189. The molecule has 29 nitrogen and oxygen atoms in total. The number of nitrogens with two attached hydrogens (primary N) is 6. The summed E-state index contributed by atoms with van der Waals surface area (Å²) in [5.41, 5.74) is 34.2. The van der Waals surface area contributed by atoms with Gasteiger partial charge < -0.3 is 86.9 Å². The van der Waals surface area contributed by atoms with Crippen LogP contribution in [0.3, 0.4) is 0 Å². The average Bonchev–Trinajstić information content (AvgIpc) is 4.08. The topological polar surface area (TPSA) is 488 Å². The molecule has 29 heteroatoms. The van der Waals surface area contributed by atoms with Crippen molar-refractivity contribution in [1.29, 1.82) is 0 Å². The van der Waals surface area contributed by atoms with Crippen molar-refractivity contribution >= 4 is 77.0 Å². The number of carboxylic acid groups (broad SMARTS) is 1. The predicted octanol–water partition coefficient (Wildman–Crippen LogP) is -2.50. The summed E-state index contributed by atoms with van der Waals surface area (Å²) in [7, 11) is 0. The summed E-state index contributed by atoms with van der Waals surface area (Å²) >= 11 is 0. The molecule has 486 valence electrons. The van der Waals surface area contributed by atoms with Gasteiger partial charge in [0.1, 0.15) is 54.4 Å². The number of nitrogens with zero attached hydrogens (tertiary/aromatic N) is 3. The Morgan fingerprint density at radius 1 is 0.557 bits per heavy atom. The van der Waals surface area contributed by atoms with Gasteiger partial charge in [-0.25, -0.2) is 4.79 Å².